The topological polar surface area (TPSA) is 12.9 Å². The van der Waals surface area contributed by atoms with Gasteiger partial charge in [0, 0.05) is 0 Å². The lowest BCUT2D eigenvalue weighted by molar-refractivity contribution is 1.31. The second-order valence-corrected chi connectivity index (χ2v) is 2.99. The zero-order valence-corrected chi connectivity index (χ0v) is 8.42. The quantitative estimate of drug-likeness (QED) is 0.401. The molecular weight excluding hydrogens is 213 g/mol. The number of pyridine rings is 1. The van der Waals surface area contributed by atoms with E-state index in [0.29, 0.717) is 21.6 Å². The molecule has 1 nitrogen and oxygen atoms in total. The van der Waals surface area contributed by atoms with Crippen LogP contribution in [0.25, 0.3) is 0 Å². The van der Waals surface area contributed by atoms with Crippen LogP contribution in [0.15, 0.2) is 12.1 Å². The van der Waals surface area contributed by atoms with Crippen molar-refractivity contribution in [2.75, 3.05) is 5.75 Å². The van der Waals surface area contributed by atoms with E-state index in [2.05, 4.69) is 29.5 Å². The third-order valence-electron chi connectivity index (χ3n) is 1.12. The fraction of sp³-hybridized carbons (Fsp3) is 0.125. The van der Waals surface area contributed by atoms with Crippen LogP contribution in [-0.2, 0) is 0 Å². The first-order valence-electron chi connectivity index (χ1n) is 3.16. The maximum absolute atomic E-state index is 5.74. The highest BCUT2D eigenvalue weighted by Gasteiger charge is 1.97. The van der Waals surface area contributed by atoms with E-state index in [-0.39, 0.29) is 0 Å². The smallest absolute Gasteiger partial charge is 0.146 e. The highest BCUT2D eigenvalue weighted by molar-refractivity contribution is 7.80. The molecular formula is C8H5Cl2NS. The van der Waals surface area contributed by atoms with Crippen molar-refractivity contribution in [1.82, 2.24) is 4.98 Å². The Hall–Kier alpha value is -0.360. The molecule has 0 aliphatic carbocycles. The molecule has 0 aliphatic rings. The van der Waals surface area contributed by atoms with E-state index < -0.39 is 0 Å². The third-order valence-corrected chi connectivity index (χ3v) is 1.77. The third kappa shape index (κ3) is 2.60. The van der Waals surface area contributed by atoms with Gasteiger partial charge in [0.1, 0.15) is 10.3 Å². The fourth-order valence-corrected chi connectivity index (χ4v) is 1.11. The SMILES string of the molecule is SCC#Cc1ccc(Cl)nc1Cl. The Morgan fingerprint density at radius 1 is 1.42 bits per heavy atom. The highest BCUT2D eigenvalue weighted by atomic mass is 35.5. The van der Waals surface area contributed by atoms with E-state index in [1.807, 2.05) is 0 Å². The molecule has 4 heteroatoms. The van der Waals surface area contributed by atoms with Crippen LogP contribution in [0.4, 0.5) is 0 Å². The Bertz CT molecular complexity index is 341. The lowest BCUT2D eigenvalue weighted by atomic mass is 10.3. The van der Waals surface area contributed by atoms with Gasteiger partial charge >= 0.3 is 0 Å². The summed E-state index contributed by atoms with van der Waals surface area (Å²) in [5, 5.41) is 0.702. The number of nitrogens with zero attached hydrogens (tertiary/aromatic N) is 1. The Morgan fingerprint density at radius 2 is 2.17 bits per heavy atom. The van der Waals surface area contributed by atoms with Crippen LogP contribution in [0, 0.1) is 11.8 Å². The summed E-state index contributed by atoms with van der Waals surface area (Å²) in [5.41, 5.74) is 0.676. The average Bonchev–Trinajstić information content (AvgIpc) is 2.03. The van der Waals surface area contributed by atoms with E-state index in [4.69, 9.17) is 23.2 Å². The molecule has 1 heterocycles. The van der Waals surface area contributed by atoms with Gasteiger partial charge in [0.05, 0.1) is 11.3 Å². The van der Waals surface area contributed by atoms with E-state index in [9.17, 15) is 0 Å². The molecule has 62 valence electrons. The van der Waals surface area contributed by atoms with E-state index in [1.165, 1.54) is 0 Å². The fourth-order valence-electron chi connectivity index (χ4n) is 0.640. The van der Waals surface area contributed by atoms with E-state index in [0.717, 1.165) is 0 Å². The van der Waals surface area contributed by atoms with Crippen molar-refractivity contribution in [3.05, 3.63) is 28.0 Å². The number of thiol groups is 1. The number of aromatic nitrogens is 1. The maximum Gasteiger partial charge on any atom is 0.146 e. The molecule has 0 saturated heterocycles. The van der Waals surface area contributed by atoms with Crippen molar-refractivity contribution in [2.45, 2.75) is 0 Å². The van der Waals surface area contributed by atoms with Crippen LogP contribution in [0.2, 0.25) is 10.3 Å². The molecule has 0 spiro atoms. The predicted molar refractivity (Wildman–Crippen MR) is 55.0 cm³/mol. The normalized spacial score (nSPS) is 8.92. The Labute approximate surface area is 86.5 Å². The lowest BCUT2D eigenvalue weighted by Gasteiger charge is -1.93. The second-order valence-electron chi connectivity index (χ2n) is 1.93. The monoisotopic (exact) mass is 217 g/mol. The van der Waals surface area contributed by atoms with Crippen LogP contribution in [0.3, 0.4) is 0 Å². The summed E-state index contributed by atoms with van der Waals surface area (Å²) < 4.78 is 0. The van der Waals surface area contributed by atoms with Crippen molar-refractivity contribution < 1.29 is 0 Å². The minimum Gasteiger partial charge on any atom is -0.223 e. The Balaban J connectivity index is 3.01. The van der Waals surface area contributed by atoms with Gasteiger partial charge in [-0.25, -0.2) is 4.98 Å². The molecule has 1 aromatic rings. The van der Waals surface area contributed by atoms with Crippen molar-refractivity contribution in [2.24, 2.45) is 0 Å². The van der Waals surface area contributed by atoms with Crippen LogP contribution in [0.5, 0.6) is 0 Å². The van der Waals surface area contributed by atoms with Gasteiger partial charge in [0.15, 0.2) is 0 Å². The molecule has 0 aliphatic heterocycles. The molecule has 12 heavy (non-hydrogen) atoms. The van der Waals surface area contributed by atoms with Crippen molar-refractivity contribution >= 4 is 35.8 Å². The van der Waals surface area contributed by atoms with Gasteiger partial charge < -0.3 is 0 Å². The summed E-state index contributed by atoms with van der Waals surface area (Å²) in [4.78, 5) is 3.83. The van der Waals surface area contributed by atoms with Crippen LogP contribution >= 0.6 is 35.8 Å². The zero-order valence-electron chi connectivity index (χ0n) is 6.01. The lowest BCUT2D eigenvalue weighted by Crippen LogP contribution is -1.82. The second kappa shape index (κ2) is 4.61. The summed E-state index contributed by atoms with van der Waals surface area (Å²) in [6.45, 7) is 0. The maximum atomic E-state index is 5.74. The summed E-state index contributed by atoms with van der Waals surface area (Å²) >= 11 is 15.3. The van der Waals surface area contributed by atoms with Gasteiger partial charge in [-0.15, -0.1) is 0 Å². The van der Waals surface area contributed by atoms with Gasteiger partial charge in [-0.2, -0.15) is 12.6 Å². The van der Waals surface area contributed by atoms with E-state index in [1.54, 1.807) is 12.1 Å². The minimum absolute atomic E-state index is 0.330. The van der Waals surface area contributed by atoms with Crippen molar-refractivity contribution in [1.29, 1.82) is 0 Å². The van der Waals surface area contributed by atoms with Crippen LogP contribution in [-0.4, -0.2) is 10.7 Å². The van der Waals surface area contributed by atoms with Crippen molar-refractivity contribution in [3.8, 4) is 11.8 Å². The zero-order chi connectivity index (χ0) is 8.97. The molecule has 0 atom stereocenters. The first kappa shape index (κ1) is 9.73. The highest BCUT2D eigenvalue weighted by Crippen LogP contribution is 2.15. The standard InChI is InChI=1S/C8H5Cl2NS/c9-7-4-3-6(2-1-5-12)8(10)11-7/h3-4,12H,5H2. The molecule has 0 amide bonds. The van der Waals surface area contributed by atoms with Crippen LogP contribution < -0.4 is 0 Å². The molecule has 1 rings (SSSR count). The van der Waals surface area contributed by atoms with Gasteiger partial charge in [0.2, 0.25) is 0 Å². The van der Waals surface area contributed by atoms with Crippen molar-refractivity contribution in [3.63, 3.8) is 0 Å². The molecule has 0 fully saturated rings. The first-order valence-corrected chi connectivity index (χ1v) is 4.54. The van der Waals surface area contributed by atoms with Crippen LogP contribution in [0.1, 0.15) is 5.56 Å². The van der Waals surface area contributed by atoms with Gasteiger partial charge in [0.25, 0.3) is 0 Å². The molecule has 0 aromatic carbocycles. The molecule has 0 N–H and O–H groups in total. The summed E-state index contributed by atoms with van der Waals surface area (Å²) in [6, 6.07) is 3.38. The molecule has 0 unspecified atom stereocenters. The Kier molecular flexibility index (Phi) is 3.74. The van der Waals surface area contributed by atoms with Gasteiger partial charge in [-0.3, -0.25) is 0 Å². The number of hydrogen-bond donors (Lipinski definition) is 1. The molecule has 1 aromatic heterocycles. The molecule has 0 radical (unpaired) electrons. The summed E-state index contributed by atoms with van der Waals surface area (Å²) in [7, 11) is 0. The van der Waals surface area contributed by atoms with Gasteiger partial charge in [-0.05, 0) is 12.1 Å². The largest absolute Gasteiger partial charge is 0.223 e. The van der Waals surface area contributed by atoms with E-state index >= 15 is 0 Å². The number of halogens is 2. The predicted octanol–water partition coefficient (Wildman–Crippen LogP) is 2.67. The average molecular weight is 218 g/mol. The Morgan fingerprint density at radius 3 is 2.75 bits per heavy atom. The first-order chi connectivity index (χ1) is 5.74. The molecule has 0 saturated carbocycles. The number of rotatable bonds is 0. The summed E-state index contributed by atoms with van der Waals surface area (Å²) in [6.07, 6.45) is 0. The number of hydrogen-bond acceptors (Lipinski definition) is 2. The summed E-state index contributed by atoms with van der Waals surface area (Å²) in [5.74, 6) is 6.08. The van der Waals surface area contributed by atoms with Gasteiger partial charge in [-0.1, -0.05) is 35.0 Å². The molecule has 0 bridgehead atoms. The minimum atomic E-state index is 0.330.